The highest BCUT2D eigenvalue weighted by molar-refractivity contribution is 7.07. The van der Waals surface area contributed by atoms with E-state index in [-0.39, 0.29) is 6.04 Å². The molecule has 0 spiro atoms. The Labute approximate surface area is 113 Å². The zero-order valence-corrected chi connectivity index (χ0v) is 11.3. The highest BCUT2D eigenvalue weighted by Crippen LogP contribution is 2.39. The maximum Gasteiger partial charge on any atom is 0.0338 e. The van der Waals surface area contributed by atoms with Crippen LogP contribution in [0, 0.1) is 0 Å². The Morgan fingerprint density at radius 1 is 1.22 bits per heavy atom. The Kier molecular flexibility index (Phi) is 3.48. The third-order valence-corrected chi connectivity index (χ3v) is 4.71. The Hall–Kier alpha value is -1.12. The van der Waals surface area contributed by atoms with Crippen molar-refractivity contribution >= 4 is 11.3 Å². The lowest BCUT2D eigenvalue weighted by Crippen LogP contribution is -2.19. The second-order valence-electron chi connectivity index (χ2n) is 5.20. The smallest absolute Gasteiger partial charge is 0.0338 e. The van der Waals surface area contributed by atoms with Gasteiger partial charge in [0.1, 0.15) is 0 Å². The van der Waals surface area contributed by atoms with Crippen molar-refractivity contribution in [2.75, 3.05) is 0 Å². The minimum Gasteiger partial charge on any atom is -0.324 e. The first kappa shape index (κ1) is 11.9. The lowest BCUT2D eigenvalue weighted by Gasteiger charge is -2.29. The number of benzene rings is 1. The van der Waals surface area contributed by atoms with Crippen LogP contribution < -0.4 is 5.73 Å². The average molecular weight is 257 g/mol. The third-order valence-electron chi connectivity index (χ3n) is 3.98. The van der Waals surface area contributed by atoms with Crippen molar-refractivity contribution in [2.45, 2.75) is 37.6 Å². The van der Waals surface area contributed by atoms with Gasteiger partial charge in [0.15, 0.2) is 0 Å². The van der Waals surface area contributed by atoms with Gasteiger partial charge in [-0.3, -0.25) is 0 Å². The summed E-state index contributed by atoms with van der Waals surface area (Å²) in [6, 6.07) is 11.1. The Morgan fingerprint density at radius 3 is 2.72 bits per heavy atom. The number of rotatable bonds is 4. The summed E-state index contributed by atoms with van der Waals surface area (Å²) >= 11 is 1.75. The molecule has 1 fully saturated rings. The first-order valence-electron chi connectivity index (χ1n) is 6.70. The van der Waals surface area contributed by atoms with E-state index in [1.54, 1.807) is 11.3 Å². The molecule has 0 saturated heterocycles. The molecular formula is C16H19NS. The molecule has 1 heterocycles. The zero-order chi connectivity index (χ0) is 12.4. The van der Waals surface area contributed by atoms with Crippen LogP contribution in [0.25, 0.3) is 0 Å². The van der Waals surface area contributed by atoms with Crippen LogP contribution >= 0.6 is 11.3 Å². The molecule has 1 aliphatic rings. The van der Waals surface area contributed by atoms with Crippen molar-refractivity contribution < 1.29 is 0 Å². The van der Waals surface area contributed by atoms with E-state index in [0.29, 0.717) is 0 Å². The third kappa shape index (κ3) is 2.36. The zero-order valence-electron chi connectivity index (χ0n) is 10.5. The maximum absolute atomic E-state index is 6.41. The van der Waals surface area contributed by atoms with Gasteiger partial charge in [0.05, 0.1) is 0 Å². The first-order chi connectivity index (χ1) is 8.84. The molecular weight excluding hydrogens is 238 g/mol. The molecule has 94 valence electrons. The number of hydrogen-bond donors (Lipinski definition) is 1. The molecule has 1 aliphatic carbocycles. The van der Waals surface area contributed by atoms with Gasteiger partial charge in [-0.15, -0.1) is 0 Å². The van der Waals surface area contributed by atoms with Crippen molar-refractivity contribution in [3.63, 3.8) is 0 Å². The van der Waals surface area contributed by atoms with Crippen molar-refractivity contribution in [1.82, 2.24) is 0 Å². The molecule has 1 atom stereocenters. The molecule has 1 nitrogen and oxygen atoms in total. The van der Waals surface area contributed by atoms with Gasteiger partial charge in [-0.05, 0) is 58.7 Å². The molecule has 2 N–H and O–H groups in total. The maximum atomic E-state index is 6.41. The highest BCUT2D eigenvalue weighted by atomic mass is 32.1. The fourth-order valence-electron chi connectivity index (χ4n) is 2.71. The SMILES string of the molecule is NC(Cc1ccsc1)c1ccccc1C1CCC1. The van der Waals surface area contributed by atoms with E-state index in [9.17, 15) is 0 Å². The monoisotopic (exact) mass is 257 g/mol. The molecule has 0 amide bonds. The van der Waals surface area contributed by atoms with Crippen molar-refractivity contribution in [2.24, 2.45) is 5.73 Å². The number of thiophene rings is 1. The molecule has 2 heteroatoms. The van der Waals surface area contributed by atoms with E-state index >= 15 is 0 Å². The van der Waals surface area contributed by atoms with E-state index in [1.165, 1.54) is 36.0 Å². The lowest BCUT2D eigenvalue weighted by molar-refractivity contribution is 0.415. The van der Waals surface area contributed by atoms with Gasteiger partial charge in [-0.2, -0.15) is 11.3 Å². The van der Waals surface area contributed by atoms with Crippen LogP contribution in [0.1, 0.15) is 47.9 Å². The second kappa shape index (κ2) is 5.25. The molecule has 1 aromatic heterocycles. The molecule has 0 bridgehead atoms. The van der Waals surface area contributed by atoms with E-state index in [1.807, 2.05) is 0 Å². The quantitative estimate of drug-likeness (QED) is 0.870. The number of hydrogen-bond acceptors (Lipinski definition) is 2. The molecule has 2 aromatic rings. The molecule has 1 aromatic carbocycles. The molecule has 0 radical (unpaired) electrons. The van der Waals surface area contributed by atoms with Crippen LogP contribution in [0.3, 0.4) is 0 Å². The van der Waals surface area contributed by atoms with E-state index < -0.39 is 0 Å². The van der Waals surface area contributed by atoms with E-state index in [2.05, 4.69) is 41.1 Å². The summed E-state index contributed by atoms with van der Waals surface area (Å²) in [5.41, 5.74) is 10.6. The summed E-state index contributed by atoms with van der Waals surface area (Å²) < 4.78 is 0. The van der Waals surface area contributed by atoms with Crippen molar-refractivity contribution in [1.29, 1.82) is 0 Å². The summed E-state index contributed by atoms with van der Waals surface area (Å²) in [5, 5.41) is 4.33. The largest absolute Gasteiger partial charge is 0.324 e. The normalized spacial score (nSPS) is 17.4. The lowest BCUT2D eigenvalue weighted by atomic mass is 9.77. The van der Waals surface area contributed by atoms with Gasteiger partial charge >= 0.3 is 0 Å². The van der Waals surface area contributed by atoms with Crippen molar-refractivity contribution in [3.05, 3.63) is 57.8 Å². The first-order valence-corrected chi connectivity index (χ1v) is 7.64. The average Bonchev–Trinajstić information content (AvgIpc) is 2.80. The fourth-order valence-corrected chi connectivity index (χ4v) is 3.39. The Bertz CT molecular complexity index is 500. The second-order valence-corrected chi connectivity index (χ2v) is 5.98. The molecule has 18 heavy (non-hydrogen) atoms. The molecule has 1 unspecified atom stereocenters. The van der Waals surface area contributed by atoms with E-state index in [0.717, 1.165) is 12.3 Å². The van der Waals surface area contributed by atoms with Gasteiger partial charge in [-0.25, -0.2) is 0 Å². The summed E-state index contributed by atoms with van der Waals surface area (Å²) in [7, 11) is 0. The van der Waals surface area contributed by atoms with Crippen LogP contribution in [-0.4, -0.2) is 0 Å². The minimum atomic E-state index is 0.136. The van der Waals surface area contributed by atoms with E-state index in [4.69, 9.17) is 5.73 Å². The Balaban J connectivity index is 1.82. The van der Waals surface area contributed by atoms with Crippen LogP contribution in [0.4, 0.5) is 0 Å². The number of nitrogens with two attached hydrogens (primary N) is 1. The molecule has 1 saturated carbocycles. The highest BCUT2D eigenvalue weighted by Gasteiger charge is 2.23. The summed E-state index contributed by atoms with van der Waals surface area (Å²) in [4.78, 5) is 0. The van der Waals surface area contributed by atoms with Crippen molar-refractivity contribution in [3.8, 4) is 0 Å². The van der Waals surface area contributed by atoms with Crippen LogP contribution in [0.5, 0.6) is 0 Å². The summed E-state index contributed by atoms with van der Waals surface area (Å²) in [6.07, 6.45) is 5.00. The van der Waals surface area contributed by atoms with Crippen LogP contribution in [0.2, 0.25) is 0 Å². The standard InChI is InChI=1S/C16H19NS/c17-16(10-12-8-9-18-11-12)15-7-2-1-6-14(15)13-4-3-5-13/h1-2,6-9,11,13,16H,3-5,10,17H2. The summed E-state index contributed by atoms with van der Waals surface area (Å²) in [6.45, 7) is 0. The fraction of sp³-hybridized carbons (Fsp3) is 0.375. The van der Waals surface area contributed by atoms with Gasteiger partial charge in [0.2, 0.25) is 0 Å². The van der Waals surface area contributed by atoms with Crippen LogP contribution in [-0.2, 0) is 6.42 Å². The molecule has 0 aliphatic heterocycles. The topological polar surface area (TPSA) is 26.0 Å². The van der Waals surface area contributed by atoms with Crippen LogP contribution in [0.15, 0.2) is 41.1 Å². The minimum absolute atomic E-state index is 0.136. The van der Waals surface area contributed by atoms with Gasteiger partial charge in [0, 0.05) is 6.04 Å². The van der Waals surface area contributed by atoms with Gasteiger partial charge in [0.25, 0.3) is 0 Å². The van der Waals surface area contributed by atoms with Gasteiger partial charge < -0.3 is 5.73 Å². The predicted octanol–water partition coefficient (Wildman–Crippen LogP) is 4.26. The molecule has 3 rings (SSSR count). The predicted molar refractivity (Wildman–Crippen MR) is 78.0 cm³/mol. The Morgan fingerprint density at radius 2 is 2.06 bits per heavy atom. The summed E-state index contributed by atoms with van der Waals surface area (Å²) in [5.74, 6) is 0.759. The van der Waals surface area contributed by atoms with Gasteiger partial charge in [-0.1, -0.05) is 30.7 Å².